The van der Waals surface area contributed by atoms with Gasteiger partial charge in [-0.25, -0.2) is 0 Å². The van der Waals surface area contributed by atoms with E-state index in [-0.39, 0.29) is 0 Å². The summed E-state index contributed by atoms with van der Waals surface area (Å²) in [7, 11) is 2.29. The minimum Gasteiger partial charge on any atom is -0.315 e. The van der Waals surface area contributed by atoms with Crippen LogP contribution in [0, 0.1) is 0 Å². The molecule has 102 valence electrons. The molecule has 1 N–H and O–H groups in total. The maximum atomic E-state index is 3.56. The fourth-order valence-corrected chi connectivity index (χ4v) is 3.46. The zero-order valence-corrected chi connectivity index (χ0v) is 12.3. The molecule has 1 aromatic rings. The lowest BCUT2D eigenvalue weighted by atomic mass is 9.94. The van der Waals surface area contributed by atoms with Gasteiger partial charge in [-0.15, -0.1) is 0 Å². The predicted octanol–water partition coefficient (Wildman–Crippen LogP) is 3.14. The normalized spacial score (nSPS) is 17.4. The molecule has 0 atom stereocenters. The quantitative estimate of drug-likeness (QED) is 0.763. The Morgan fingerprint density at radius 2 is 2.11 bits per heavy atom. The van der Waals surface area contributed by atoms with Crippen LogP contribution >= 0.6 is 11.3 Å². The lowest BCUT2D eigenvalue weighted by Gasteiger charge is -2.31. The third kappa shape index (κ3) is 4.71. The van der Waals surface area contributed by atoms with Gasteiger partial charge in [0.05, 0.1) is 0 Å². The van der Waals surface area contributed by atoms with Gasteiger partial charge in [-0.1, -0.05) is 19.3 Å². The predicted molar refractivity (Wildman–Crippen MR) is 80.4 cm³/mol. The molecule has 1 aliphatic rings. The summed E-state index contributed by atoms with van der Waals surface area (Å²) in [6.07, 6.45) is 8.29. The van der Waals surface area contributed by atoms with Crippen molar-refractivity contribution in [3.05, 3.63) is 22.4 Å². The van der Waals surface area contributed by atoms with Crippen LogP contribution in [0.1, 0.15) is 37.7 Å². The molecule has 1 aromatic heterocycles. The highest BCUT2D eigenvalue weighted by molar-refractivity contribution is 7.07. The van der Waals surface area contributed by atoms with Crippen molar-refractivity contribution in [2.75, 3.05) is 26.7 Å². The van der Waals surface area contributed by atoms with Crippen LogP contribution < -0.4 is 5.32 Å². The minimum absolute atomic E-state index is 0.845. The van der Waals surface area contributed by atoms with Crippen LogP contribution in [0.15, 0.2) is 16.8 Å². The molecule has 0 amide bonds. The Morgan fingerprint density at radius 1 is 1.28 bits per heavy atom. The Balaban J connectivity index is 1.52. The second-order valence-electron chi connectivity index (χ2n) is 5.40. The van der Waals surface area contributed by atoms with E-state index in [1.165, 1.54) is 44.2 Å². The maximum Gasteiger partial charge on any atom is 0.0107 e. The standard InChI is InChI=1S/C15H26N2S/c1-17(15-5-3-2-4-6-15)11-10-16-9-7-14-8-12-18-13-14/h8,12-13,15-16H,2-7,9-11H2,1H3. The molecule has 2 nitrogen and oxygen atoms in total. The number of nitrogens with one attached hydrogen (secondary N) is 1. The van der Waals surface area contributed by atoms with Crippen molar-refractivity contribution in [2.24, 2.45) is 0 Å². The van der Waals surface area contributed by atoms with Crippen molar-refractivity contribution in [2.45, 2.75) is 44.6 Å². The smallest absolute Gasteiger partial charge is 0.0107 e. The summed E-state index contributed by atoms with van der Waals surface area (Å²) in [5.74, 6) is 0. The summed E-state index contributed by atoms with van der Waals surface area (Å²) in [4.78, 5) is 2.55. The van der Waals surface area contributed by atoms with Crippen LogP contribution in [-0.4, -0.2) is 37.6 Å². The van der Waals surface area contributed by atoms with Gasteiger partial charge in [-0.2, -0.15) is 11.3 Å². The molecule has 0 saturated heterocycles. The van der Waals surface area contributed by atoms with Crippen LogP contribution in [0.5, 0.6) is 0 Å². The molecule has 2 rings (SSSR count). The number of rotatable bonds is 7. The van der Waals surface area contributed by atoms with E-state index in [1.807, 2.05) is 0 Å². The maximum absolute atomic E-state index is 3.56. The molecule has 0 aliphatic heterocycles. The molecule has 0 spiro atoms. The van der Waals surface area contributed by atoms with E-state index in [1.54, 1.807) is 11.3 Å². The fourth-order valence-electron chi connectivity index (χ4n) is 2.75. The average molecular weight is 266 g/mol. The van der Waals surface area contributed by atoms with E-state index in [2.05, 4.69) is 34.1 Å². The van der Waals surface area contributed by atoms with Crippen LogP contribution in [0.4, 0.5) is 0 Å². The highest BCUT2D eigenvalue weighted by Crippen LogP contribution is 2.21. The molecule has 1 fully saturated rings. The number of hydrogen-bond acceptors (Lipinski definition) is 3. The average Bonchev–Trinajstić information content (AvgIpc) is 2.92. The third-order valence-electron chi connectivity index (χ3n) is 4.01. The van der Waals surface area contributed by atoms with Crippen molar-refractivity contribution in [1.82, 2.24) is 10.2 Å². The lowest BCUT2D eigenvalue weighted by molar-refractivity contribution is 0.192. The molecule has 0 unspecified atom stereocenters. The molecule has 0 aromatic carbocycles. The molecular formula is C15H26N2S. The fraction of sp³-hybridized carbons (Fsp3) is 0.733. The van der Waals surface area contributed by atoms with Gasteiger partial charge in [-0.05, 0) is 55.2 Å². The second kappa shape index (κ2) is 7.93. The molecule has 3 heteroatoms. The van der Waals surface area contributed by atoms with Crippen molar-refractivity contribution in [1.29, 1.82) is 0 Å². The van der Waals surface area contributed by atoms with Crippen LogP contribution in [0.25, 0.3) is 0 Å². The molecule has 1 heterocycles. The van der Waals surface area contributed by atoms with E-state index < -0.39 is 0 Å². The first kappa shape index (κ1) is 14.0. The highest BCUT2D eigenvalue weighted by Gasteiger charge is 2.16. The summed E-state index contributed by atoms with van der Waals surface area (Å²) in [6, 6.07) is 3.07. The van der Waals surface area contributed by atoms with E-state index >= 15 is 0 Å². The van der Waals surface area contributed by atoms with Crippen molar-refractivity contribution in [3.63, 3.8) is 0 Å². The number of thiophene rings is 1. The Labute approximate surface area is 115 Å². The van der Waals surface area contributed by atoms with E-state index in [4.69, 9.17) is 0 Å². The van der Waals surface area contributed by atoms with Gasteiger partial charge in [0.1, 0.15) is 0 Å². The van der Waals surface area contributed by atoms with E-state index in [9.17, 15) is 0 Å². The van der Waals surface area contributed by atoms with Crippen LogP contribution in [-0.2, 0) is 6.42 Å². The van der Waals surface area contributed by atoms with Crippen LogP contribution in [0.3, 0.4) is 0 Å². The van der Waals surface area contributed by atoms with Gasteiger partial charge in [-0.3, -0.25) is 0 Å². The summed E-state index contributed by atoms with van der Waals surface area (Å²) in [5.41, 5.74) is 1.47. The molecule has 1 saturated carbocycles. The lowest BCUT2D eigenvalue weighted by Crippen LogP contribution is -2.38. The number of likely N-dealkylation sites (N-methyl/N-ethyl adjacent to an activating group) is 1. The first-order valence-electron chi connectivity index (χ1n) is 7.28. The van der Waals surface area contributed by atoms with E-state index in [0.29, 0.717) is 0 Å². The Hall–Kier alpha value is -0.380. The minimum atomic E-state index is 0.845. The van der Waals surface area contributed by atoms with Gasteiger partial charge < -0.3 is 10.2 Å². The Bertz CT molecular complexity index is 304. The molecule has 0 radical (unpaired) electrons. The summed E-state index contributed by atoms with van der Waals surface area (Å²) in [6.45, 7) is 3.42. The second-order valence-corrected chi connectivity index (χ2v) is 6.18. The topological polar surface area (TPSA) is 15.3 Å². The Morgan fingerprint density at radius 3 is 2.83 bits per heavy atom. The monoisotopic (exact) mass is 266 g/mol. The summed E-state index contributed by atoms with van der Waals surface area (Å²) < 4.78 is 0. The molecule has 0 bridgehead atoms. The van der Waals surface area contributed by atoms with Crippen molar-refractivity contribution < 1.29 is 0 Å². The van der Waals surface area contributed by atoms with Crippen molar-refractivity contribution >= 4 is 11.3 Å². The summed E-state index contributed by atoms with van der Waals surface area (Å²) in [5, 5.41) is 7.96. The SMILES string of the molecule is CN(CCNCCc1ccsc1)C1CCCCC1. The third-order valence-corrected chi connectivity index (χ3v) is 4.74. The number of nitrogens with zero attached hydrogens (tertiary/aromatic N) is 1. The number of hydrogen-bond donors (Lipinski definition) is 1. The van der Waals surface area contributed by atoms with E-state index in [0.717, 1.165) is 25.6 Å². The summed E-state index contributed by atoms with van der Waals surface area (Å²) >= 11 is 1.79. The molecular weight excluding hydrogens is 240 g/mol. The molecule has 18 heavy (non-hydrogen) atoms. The van der Waals surface area contributed by atoms with Gasteiger partial charge in [0.2, 0.25) is 0 Å². The van der Waals surface area contributed by atoms with Gasteiger partial charge >= 0.3 is 0 Å². The zero-order valence-electron chi connectivity index (χ0n) is 11.5. The van der Waals surface area contributed by atoms with Gasteiger partial charge in [0, 0.05) is 19.1 Å². The zero-order chi connectivity index (χ0) is 12.6. The van der Waals surface area contributed by atoms with Crippen molar-refractivity contribution in [3.8, 4) is 0 Å². The van der Waals surface area contributed by atoms with Gasteiger partial charge in [0.25, 0.3) is 0 Å². The van der Waals surface area contributed by atoms with Crippen LogP contribution in [0.2, 0.25) is 0 Å². The molecule has 1 aliphatic carbocycles. The Kier molecular flexibility index (Phi) is 6.18. The highest BCUT2D eigenvalue weighted by atomic mass is 32.1. The first-order valence-corrected chi connectivity index (χ1v) is 8.22. The van der Waals surface area contributed by atoms with Gasteiger partial charge in [0.15, 0.2) is 0 Å². The largest absolute Gasteiger partial charge is 0.315 e. The first-order chi connectivity index (χ1) is 8.86.